The Morgan fingerprint density at radius 3 is 1.12 bits per heavy atom. The second-order valence-electron chi connectivity index (χ2n) is 1.51. The van der Waals surface area contributed by atoms with Crippen molar-refractivity contribution in [1.82, 2.24) is 6.15 Å². The van der Waals surface area contributed by atoms with E-state index in [1.807, 2.05) is 0 Å². The molecule has 0 rings (SSSR count). The first kappa shape index (κ1) is 26.3. The predicted molar refractivity (Wildman–Crippen MR) is 51.1 cm³/mol. The van der Waals surface area contributed by atoms with E-state index in [-0.39, 0.29) is 57.5 Å². The van der Waals surface area contributed by atoms with E-state index in [1.165, 1.54) is 0 Å². The minimum atomic E-state index is -5.13. The molecule has 0 atom stereocenters. The average Bonchev–Trinajstić information content (AvgIpc) is 1.42. The van der Waals surface area contributed by atoms with Gasteiger partial charge in [-0.25, -0.2) is 9.13 Å². The van der Waals surface area contributed by atoms with Crippen LogP contribution in [0.2, 0.25) is 0 Å². The van der Waals surface area contributed by atoms with Crippen LogP contribution in [-0.2, 0) is 23.5 Å². The first-order valence-electron chi connectivity index (χ1n) is 2.23. The standard InChI is InChI=1S/K.H3N.H3O7PS.H3O4P.H/c;;1-8(2,3)7-9(4,5)6;1-5(2,3)4;/h;1H3;(H2,1,2,3)(H,4,5,6);(H3,1,2,3,4);. The molecule has 16 heteroatoms. The van der Waals surface area contributed by atoms with Gasteiger partial charge < -0.3 is 30.6 Å². The summed E-state index contributed by atoms with van der Waals surface area (Å²) in [5.74, 6) is 0. The van der Waals surface area contributed by atoms with E-state index in [0.29, 0.717) is 0 Å². The second-order valence-corrected chi connectivity index (χ2v) is 4.97. The zero-order chi connectivity index (χ0) is 12.2. The Labute approximate surface area is 132 Å². The van der Waals surface area contributed by atoms with Gasteiger partial charge in [0.15, 0.2) is 0 Å². The van der Waals surface area contributed by atoms with Crippen LogP contribution in [0.3, 0.4) is 0 Å². The van der Waals surface area contributed by atoms with Gasteiger partial charge >= 0.3 is 77.4 Å². The van der Waals surface area contributed by atoms with Crippen LogP contribution in [0.25, 0.3) is 0 Å². The quantitative estimate of drug-likeness (QED) is 0.157. The first-order chi connectivity index (χ1) is 5.71. The van der Waals surface area contributed by atoms with Crippen molar-refractivity contribution in [3.63, 3.8) is 0 Å². The van der Waals surface area contributed by atoms with Crippen molar-refractivity contribution in [3.05, 3.63) is 0 Å². The molecule has 0 aliphatic heterocycles. The van der Waals surface area contributed by atoms with Crippen LogP contribution >= 0.6 is 15.6 Å². The van der Waals surface area contributed by atoms with E-state index >= 15 is 0 Å². The summed E-state index contributed by atoms with van der Waals surface area (Å²) in [7, 11) is -14.8. The number of hydrogen-bond acceptors (Lipinski definition) is 6. The molecule has 0 fully saturated rings. The topological polar surface area (TPSA) is 234 Å². The molecule has 0 saturated heterocycles. The van der Waals surface area contributed by atoms with Crippen molar-refractivity contribution in [3.8, 4) is 0 Å². The molecule has 9 N–H and O–H groups in total. The molecule has 0 amide bonds. The molecule has 98 valence electrons. The van der Waals surface area contributed by atoms with E-state index in [0.717, 1.165) is 0 Å². The molecule has 0 bridgehead atoms. The Morgan fingerprint density at radius 1 is 0.938 bits per heavy atom. The predicted octanol–water partition coefficient (Wildman–Crippen LogP) is -2.52. The molecular formula is H10KNO11P2S. The Kier molecular flexibility index (Phi) is 15.8. The zero-order valence-corrected chi connectivity index (χ0v) is 9.34. The molecular weight excluding hydrogens is 323 g/mol. The van der Waals surface area contributed by atoms with Crippen LogP contribution in [0.15, 0.2) is 0 Å². The van der Waals surface area contributed by atoms with Crippen LogP contribution in [0, 0.1) is 0 Å². The summed E-state index contributed by atoms with van der Waals surface area (Å²) in [4.78, 5) is 37.0. The van der Waals surface area contributed by atoms with E-state index in [9.17, 15) is 13.0 Å². The molecule has 0 aliphatic rings. The van der Waals surface area contributed by atoms with Crippen LogP contribution in [0.5, 0.6) is 0 Å². The molecule has 16 heavy (non-hydrogen) atoms. The van der Waals surface area contributed by atoms with Gasteiger partial charge in [-0.2, -0.15) is 8.42 Å². The third-order valence-electron chi connectivity index (χ3n) is 0.191. The van der Waals surface area contributed by atoms with Crippen LogP contribution in [0.1, 0.15) is 0 Å². The average molecular weight is 333 g/mol. The van der Waals surface area contributed by atoms with E-state index in [1.54, 1.807) is 0 Å². The zero-order valence-electron chi connectivity index (χ0n) is 6.73. The third-order valence-corrected chi connectivity index (χ3v) is 1.72. The SMILES string of the molecule is N.O=P(O)(O)O.O=P(O)(O)OS(=O)(=O)O.[KH]. The molecule has 0 unspecified atom stereocenters. The fourth-order valence-corrected chi connectivity index (χ4v) is 1.10. The van der Waals surface area contributed by atoms with E-state index in [4.69, 9.17) is 33.6 Å². The Balaban J connectivity index is -0.0000000904. The molecule has 0 aromatic rings. The molecule has 0 spiro atoms. The van der Waals surface area contributed by atoms with Crippen molar-refractivity contribution < 1.29 is 50.5 Å². The van der Waals surface area contributed by atoms with Gasteiger partial charge in [-0.15, -0.1) is 3.97 Å². The number of hydrogen-bond donors (Lipinski definition) is 7. The summed E-state index contributed by atoms with van der Waals surface area (Å²) in [5.41, 5.74) is 0. The van der Waals surface area contributed by atoms with Crippen LogP contribution < -0.4 is 6.15 Å². The van der Waals surface area contributed by atoms with E-state index < -0.39 is 26.0 Å². The maximum atomic E-state index is 9.58. The Morgan fingerprint density at radius 2 is 1.12 bits per heavy atom. The maximum absolute atomic E-state index is 9.58. The first-order valence-corrected chi connectivity index (χ1v) is 6.69. The van der Waals surface area contributed by atoms with Crippen molar-refractivity contribution >= 4 is 77.4 Å². The summed E-state index contributed by atoms with van der Waals surface area (Å²) >= 11 is 0. The van der Waals surface area contributed by atoms with Crippen molar-refractivity contribution in [2.45, 2.75) is 0 Å². The minimum absolute atomic E-state index is 0. The van der Waals surface area contributed by atoms with Gasteiger partial charge in [0.25, 0.3) is 0 Å². The Bertz CT molecular complexity index is 338. The molecule has 0 aliphatic carbocycles. The molecule has 0 aromatic heterocycles. The van der Waals surface area contributed by atoms with Gasteiger partial charge in [0.2, 0.25) is 0 Å². The van der Waals surface area contributed by atoms with Crippen LogP contribution in [0.4, 0.5) is 0 Å². The monoisotopic (exact) mass is 333 g/mol. The summed E-state index contributed by atoms with van der Waals surface area (Å²) in [6.07, 6.45) is 0. The number of phosphoric acid groups is 2. The normalized spacial score (nSPS) is 11.4. The Hall–Kier alpha value is 1.73. The van der Waals surface area contributed by atoms with Crippen molar-refractivity contribution in [2.75, 3.05) is 0 Å². The van der Waals surface area contributed by atoms with Gasteiger partial charge in [-0.05, 0) is 0 Å². The number of rotatable bonds is 2. The second kappa shape index (κ2) is 9.63. The van der Waals surface area contributed by atoms with E-state index in [2.05, 4.69) is 3.97 Å². The molecule has 0 saturated carbocycles. The summed E-state index contributed by atoms with van der Waals surface area (Å²) in [6, 6.07) is 0. The fourth-order valence-electron chi connectivity index (χ4n) is 0.123. The van der Waals surface area contributed by atoms with Gasteiger partial charge in [0.1, 0.15) is 0 Å². The molecule has 0 radical (unpaired) electrons. The van der Waals surface area contributed by atoms with Gasteiger partial charge in [0.05, 0.1) is 0 Å². The fraction of sp³-hybridized carbons (Fsp3) is 0. The third kappa shape index (κ3) is 57.1. The molecule has 0 aromatic carbocycles. The summed E-state index contributed by atoms with van der Waals surface area (Å²) in [5, 5.41) is 0. The summed E-state index contributed by atoms with van der Waals surface area (Å²) in [6.45, 7) is 0. The van der Waals surface area contributed by atoms with Gasteiger partial charge in [0, 0.05) is 0 Å². The summed E-state index contributed by atoms with van der Waals surface area (Å²) < 4.78 is 47.9. The van der Waals surface area contributed by atoms with Gasteiger partial charge in [-0.3, -0.25) is 4.55 Å². The molecule has 0 heterocycles. The van der Waals surface area contributed by atoms with Crippen LogP contribution in [-0.4, -0.2) is 88.8 Å². The van der Waals surface area contributed by atoms with Crippen molar-refractivity contribution in [1.29, 1.82) is 0 Å². The van der Waals surface area contributed by atoms with Gasteiger partial charge in [-0.1, -0.05) is 0 Å². The molecule has 12 nitrogen and oxygen atoms in total. The van der Waals surface area contributed by atoms with Crippen molar-refractivity contribution in [2.24, 2.45) is 0 Å².